The van der Waals surface area contributed by atoms with Crippen LogP contribution in [-0.4, -0.2) is 47.0 Å². The standard InChI is InChI=1S/C18H20N4O/c1-14-4-2-8-20-16(14)22-12-18(13-22)6-9-21(11-18)17(23)15-5-3-7-19-10-15/h2-5,7-8,10H,6,9,11-13H2,1H3. The van der Waals surface area contributed by atoms with Gasteiger partial charge in [0.1, 0.15) is 5.82 Å². The predicted octanol–water partition coefficient (Wildman–Crippen LogP) is 2.14. The lowest BCUT2D eigenvalue weighted by molar-refractivity contribution is 0.0762. The van der Waals surface area contributed by atoms with Crippen molar-refractivity contribution in [1.82, 2.24) is 14.9 Å². The first-order valence-electron chi connectivity index (χ1n) is 8.03. The summed E-state index contributed by atoms with van der Waals surface area (Å²) >= 11 is 0. The number of hydrogen-bond donors (Lipinski definition) is 0. The van der Waals surface area contributed by atoms with Gasteiger partial charge in [0.15, 0.2) is 0 Å². The quantitative estimate of drug-likeness (QED) is 0.853. The third-order valence-electron chi connectivity index (χ3n) is 4.97. The Morgan fingerprint density at radius 1 is 1.17 bits per heavy atom. The molecule has 2 aromatic heterocycles. The van der Waals surface area contributed by atoms with Gasteiger partial charge >= 0.3 is 0 Å². The fourth-order valence-corrected chi connectivity index (χ4v) is 3.76. The van der Waals surface area contributed by atoms with Crippen LogP contribution in [0.15, 0.2) is 42.9 Å². The first-order chi connectivity index (χ1) is 11.2. The van der Waals surface area contributed by atoms with Crippen LogP contribution in [-0.2, 0) is 0 Å². The number of hydrogen-bond acceptors (Lipinski definition) is 4. The number of amides is 1. The molecule has 0 aliphatic carbocycles. The highest BCUT2D eigenvalue weighted by atomic mass is 16.2. The van der Waals surface area contributed by atoms with E-state index in [9.17, 15) is 4.79 Å². The van der Waals surface area contributed by atoms with E-state index in [4.69, 9.17) is 0 Å². The molecule has 2 aliphatic rings. The van der Waals surface area contributed by atoms with Crippen LogP contribution in [0.4, 0.5) is 5.82 Å². The summed E-state index contributed by atoms with van der Waals surface area (Å²) in [5.74, 6) is 1.18. The summed E-state index contributed by atoms with van der Waals surface area (Å²) in [4.78, 5) is 25.4. The topological polar surface area (TPSA) is 49.3 Å². The summed E-state index contributed by atoms with van der Waals surface area (Å²) in [7, 11) is 0. The van der Waals surface area contributed by atoms with Gasteiger partial charge in [-0.3, -0.25) is 9.78 Å². The van der Waals surface area contributed by atoms with Gasteiger partial charge in [0, 0.05) is 50.2 Å². The Bertz CT molecular complexity index is 725. The van der Waals surface area contributed by atoms with E-state index in [-0.39, 0.29) is 11.3 Å². The summed E-state index contributed by atoms with van der Waals surface area (Å²) < 4.78 is 0. The van der Waals surface area contributed by atoms with Gasteiger partial charge in [-0.2, -0.15) is 0 Å². The van der Waals surface area contributed by atoms with Crippen molar-refractivity contribution < 1.29 is 4.79 Å². The normalized spacial score (nSPS) is 19.0. The molecule has 4 rings (SSSR count). The van der Waals surface area contributed by atoms with E-state index < -0.39 is 0 Å². The van der Waals surface area contributed by atoms with E-state index in [0.29, 0.717) is 5.56 Å². The molecule has 118 valence electrons. The minimum absolute atomic E-state index is 0.0995. The smallest absolute Gasteiger partial charge is 0.255 e. The Labute approximate surface area is 136 Å². The number of carbonyl (C=O) groups excluding carboxylic acids is 1. The second-order valence-corrected chi connectivity index (χ2v) is 6.72. The van der Waals surface area contributed by atoms with Gasteiger partial charge < -0.3 is 9.80 Å². The molecule has 0 saturated carbocycles. The van der Waals surface area contributed by atoms with Crippen LogP contribution < -0.4 is 4.90 Å². The van der Waals surface area contributed by atoms with Crippen molar-refractivity contribution in [2.45, 2.75) is 13.3 Å². The molecule has 0 atom stereocenters. The Morgan fingerprint density at radius 2 is 2.00 bits per heavy atom. The van der Waals surface area contributed by atoms with Gasteiger partial charge in [-0.25, -0.2) is 4.98 Å². The van der Waals surface area contributed by atoms with Crippen LogP contribution in [0.1, 0.15) is 22.3 Å². The maximum Gasteiger partial charge on any atom is 0.255 e. The van der Waals surface area contributed by atoms with Crippen molar-refractivity contribution in [3.8, 4) is 0 Å². The molecule has 1 amide bonds. The highest BCUT2D eigenvalue weighted by Gasteiger charge is 2.49. The van der Waals surface area contributed by atoms with Crippen LogP contribution >= 0.6 is 0 Å². The van der Waals surface area contributed by atoms with Gasteiger partial charge in [-0.05, 0) is 37.1 Å². The zero-order valence-electron chi connectivity index (χ0n) is 13.3. The molecule has 0 unspecified atom stereocenters. The SMILES string of the molecule is Cc1cccnc1N1CC2(CCN(C(=O)c3cccnc3)C2)C1. The summed E-state index contributed by atoms with van der Waals surface area (Å²) in [6.07, 6.45) is 6.26. The van der Waals surface area contributed by atoms with Crippen molar-refractivity contribution in [3.05, 3.63) is 54.0 Å². The molecule has 5 nitrogen and oxygen atoms in total. The summed E-state index contributed by atoms with van der Waals surface area (Å²) in [5.41, 5.74) is 2.13. The number of pyridine rings is 2. The number of nitrogens with zero attached hydrogens (tertiary/aromatic N) is 4. The lowest BCUT2D eigenvalue weighted by atomic mass is 9.79. The lowest BCUT2D eigenvalue weighted by Crippen LogP contribution is -2.58. The Morgan fingerprint density at radius 3 is 2.74 bits per heavy atom. The first-order valence-corrected chi connectivity index (χ1v) is 8.03. The van der Waals surface area contributed by atoms with Gasteiger partial charge in [-0.1, -0.05) is 6.07 Å². The highest BCUT2D eigenvalue weighted by Crippen LogP contribution is 2.42. The summed E-state index contributed by atoms with van der Waals surface area (Å²) in [6, 6.07) is 7.72. The number of likely N-dealkylation sites (tertiary alicyclic amines) is 1. The number of anilines is 1. The monoisotopic (exact) mass is 308 g/mol. The van der Waals surface area contributed by atoms with E-state index in [2.05, 4.69) is 27.9 Å². The molecule has 2 saturated heterocycles. The molecule has 1 spiro atoms. The number of aromatic nitrogens is 2. The molecule has 0 aromatic carbocycles. The van der Waals surface area contributed by atoms with E-state index in [1.54, 1.807) is 12.4 Å². The molecule has 0 N–H and O–H groups in total. The van der Waals surface area contributed by atoms with Crippen molar-refractivity contribution in [2.24, 2.45) is 5.41 Å². The van der Waals surface area contributed by atoms with Crippen LogP contribution in [0.3, 0.4) is 0 Å². The largest absolute Gasteiger partial charge is 0.355 e. The van der Waals surface area contributed by atoms with E-state index >= 15 is 0 Å². The van der Waals surface area contributed by atoms with E-state index in [1.807, 2.05) is 29.3 Å². The fourth-order valence-electron chi connectivity index (χ4n) is 3.76. The molecule has 2 aliphatic heterocycles. The molecular formula is C18H20N4O. The Balaban J connectivity index is 1.42. The molecule has 4 heterocycles. The lowest BCUT2D eigenvalue weighted by Gasteiger charge is -2.49. The van der Waals surface area contributed by atoms with Gasteiger partial charge in [-0.15, -0.1) is 0 Å². The molecule has 0 radical (unpaired) electrons. The highest BCUT2D eigenvalue weighted by molar-refractivity contribution is 5.94. The predicted molar refractivity (Wildman–Crippen MR) is 88.4 cm³/mol. The van der Waals surface area contributed by atoms with Crippen LogP contribution in [0.2, 0.25) is 0 Å². The number of rotatable bonds is 2. The zero-order chi connectivity index (χ0) is 15.9. The minimum Gasteiger partial charge on any atom is -0.355 e. The summed E-state index contributed by atoms with van der Waals surface area (Å²) in [5, 5.41) is 0. The second-order valence-electron chi connectivity index (χ2n) is 6.72. The average Bonchev–Trinajstić information content (AvgIpc) is 3.00. The zero-order valence-corrected chi connectivity index (χ0v) is 13.3. The third-order valence-corrected chi connectivity index (χ3v) is 4.97. The molecule has 5 heteroatoms. The maximum absolute atomic E-state index is 12.5. The fraction of sp³-hybridized carbons (Fsp3) is 0.389. The minimum atomic E-state index is 0.0995. The van der Waals surface area contributed by atoms with Crippen LogP contribution in [0.25, 0.3) is 0 Å². The first kappa shape index (κ1) is 14.2. The number of aryl methyl sites for hydroxylation is 1. The van der Waals surface area contributed by atoms with E-state index in [1.165, 1.54) is 5.56 Å². The van der Waals surface area contributed by atoms with Gasteiger partial charge in [0.05, 0.1) is 5.56 Å². The Kier molecular flexibility index (Phi) is 3.29. The van der Waals surface area contributed by atoms with Crippen molar-refractivity contribution in [2.75, 3.05) is 31.1 Å². The third kappa shape index (κ3) is 2.46. The molecule has 2 aromatic rings. The van der Waals surface area contributed by atoms with Crippen molar-refractivity contribution in [3.63, 3.8) is 0 Å². The average molecular weight is 308 g/mol. The number of carbonyl (C=O) groups is 1. The van der Waals surface area contributed by atoms with E-state index in [0.717, 1.165) is 38.4 Å². The maximum atomic E-state index is 12.5. The summed E-state index contributed by atoms with van der Waals surface area (Å²) in [6.45, 7) is 5.75. The molecule has 2 fully saturated rings. The Hall–Kier alpha value is -2.43. The van der Waals surface area contributed by atoms with Crippen LogP contribution in [0.5, 0.6) is 0 Å². The molecular weight excluding hydrogens is 288 g/mol. The second kappa shape index (κ2) is 5.33. The van der Waals surface area contributed by atoms with Crippen molar-refractivity contribution >= 4 is 11.7 Å². The van der Waals surface area contributed by atoms with Gasteiger partial charge in [0.25, 0.3) is 5.91 Å². The van der Waals surface area contributed by atoms with Gasteiger partial charge in [0.2, 0.25) is 0 Å². The van der Waals surface area contributed by atoms with Crippen molar-refractivity contribution in [1.29, 1.82) is 0 Å². The molecule has 23 heavy (non-hydrogen) atoms. The molecule has 0 bridgehead atoms. The van der Waals surface area contributed by atoms with Crippen LogP contribution in [0, 0.1) is 12.3 Å².